The molecular weight excluding hydrogens is 280 g/mol. The molecule has 2 aromatic rings. The fraction of sp³-hybridized carbons (Fsp3) is 0.357. The predicted octanol–water partition coefficient (Wildman–Crippen LogP) is 2.47. The second-order valence-corrected chi connectivity index (χ2v) is 5.83. The van der Waals surface area contributed by atoms with Gasteiger partial charge in [0.25, 0.3) is 0 Å². The summed E-state index contributed by atoms with van der Waals surface area (Å²) < 4.78 is 1.30. The molecule has 0 radical (unpaired) electrons. The molecule has 3 nitrogen and oxygen atoms in total. The zero-order valence-electron chi connectivity index (χ0n) is 10.5. The molecule has 0 atom stereocenters. The van der Waals surface area contributed by atoms with Crippen LogP contribution in [-0.2, 0) is 11.2 Å². The number of hydrogen-bond donors (Lipinski definition) is 2. The zero-order valence-corrected chi connectivity index (χ0v) is 12.2. The lowest BCUT2D eigenvalue weighted by molar-refractivity contribution is -0.123. The summed E-state index contributed by atoms with van der Waals surface area (Å²) >= 11 is 1.75. The molecule has 1 aliphatic carbocycles. The molecule has 0 aliphatic heterocycles. The van der Waals surface area contributed by atoms with Gasteiger partial charge in [0.15, 0.2) is 0 Å². The minimum Gasteiger partial charge on any atom is -0.354 e. The molecule has 1 aliphatic rings. The van der Waals surface area contributed by atoms with Crippen LogP contribution in [0.1, 0.15) is 18.4 Å². The highest BCUT2D eigenvalue weighted by Crippen LogP contribution is 2.32. The lowest BCUT2D eigenvalue weighted by Crippen LogP contribution is -2.43. The van der Waals surface area contributed by atoms with E-state index in [0.29, 0.717) is 6.54 Å². The van der Waals surface area contributed by atoms with E-state index in [1.807, 2.05) is 0 Å². The van der Waals surface area contributed by atoms with E-state index < -0.39 is 5.54 Å². The first kappa shape index (κ1) is 14.3. The Hall–Kier alpha value is -1.10. The molecule has 19 heavy (non-hydrogen) atoms. The number of carbonyl (C=O) groups is 1. The Labute approximate surface area is 122 Å². The number of fused-ring (bicyclic) bond motifs is 1. The third-order valence-corrected chi connectivity index (χ3v) is 4.49. The van der Waals surface area contributed by atoms with Crippen molar-refractivity contribution in [3.63, 3.8) is 0 Å². The van der Waals surface area contributed by atoms with Crippen LogP contribution in [0.4, 0.5) is 0 Å². The maximum Gasteiger partial charge on any atom is 0.240 e. The number of benzene rings is 1. The Bertz CT molecular complexity index is 592. The van der Waals surface area contributed by atoms with Crippen molar-refractivity contribution < 1.29 is 4.79 Å². The van der Waals surface area contributed by atoms with Gasteiger partial charge in [-0.2, -0.15) is 0 Å². The molecule has 3 N–H and O–H groups in total. The quantitative estimate of drug-likeness (QED) is 0.911. The van der Waals surface area contributed by atoms with Crippen molar-refractivity contribution >= 4 is 39.7 Å². The van der Waals surface area contributed by atoms with Crippen LogP contribution in [0.5, 0.6) is 0 Å². The van der Waals surface area contributed by atoms with Crippen LogP contribution >= 0.6 is 23.7 Å². The lowest BCUT2D eigenvalue weighted by atomic mass is 10.1. The molecule has 1 amide bonds. The molecule has 1 fully saturated rings. The summed E-state index contributed by atoms with van der Waals surface area (Å²) in [5, 5.41) is 6.40. The number of rotatable bonds is 4. The summed E-state index contributed by atoms with van der Waals surface area (Å²) in [5.74, 6) is 0.00188. The van der Waals surface area contributed by atoms with Crippen LogP contribution in [0.2, 0.25) is 0 Å². The minimum atomic E-state index is -0.559. The van der Waals surface area contributed by atoms with E-state index in [1.54, 1.807) is 11.3 Å². The summed E-state index contributed by atoms with van der Waals surface area (Å²) in [6, 6.07) is 8.36. The molecule has 0 spiro atoms. The Morgan fingerprint density at radius 2 is 2.11 bits per heavy atom. The van der Waals surface area contributed by atoms with E-state index in [1.165, 1.54) is 15.6 Å². The van der Waals surface area contributed by atoms with Crippen molar-refractivity contribution in [2.24, 2.45) is 5.73 Å². The van der Waals surface area contributed by atoms with Crippen LogP contribution in [-0.4, -0.2) is 18.0 Å². The summed E-state index contributed by atoms with van der Waals surface area (Å²) in [6.07, 6.45) is 2.51. The van der Waals surface area contributed by atoms with E-state index in [-0.39, 0.29) is 18.3 Å². The third kappa shape index (κ3) is 2.91. The average molecular weight is 297 g/mol. The van der Waals surface area contributed by atoms with E-state index in [0.717, 1.165) is 19.3 Å². The Balaban J connectivity index is 0.00000133. The first-order chi connectivity index (χ1) is 8.69. The number of carbonyl (C=O) groups excluding carboxylic acids is 1. The molecule has 102 valence electrons. The number of nitrogens with two attached hydrogens (primary N) is 1. The fourth-order valence-electron chi connectivity index (χ4n) is 2.07. The number of halogens is 1. The van der Waals surface area contributed by atoms with Gasteiger partial charge in [-0.1, -0.05) is 18.2 Å². The Kier molecular flexibility index (Phi) is 4.13. The highest BCUT2D eigenvalue weighted by molar-refractivity contribution is 7.17. The summed E-state index contributed by atoms with van der Waals surface area (Å²) in [6.45, 7) is 0.665. The molecule has 5 heteroatoms. The molecule has 0 saturated heterocycles. The Morgan fingerprint density at radius 3 is 2.84 bits per heavy atom. The summed E-state index contributed by atoms with van der Waals surface area (Å²) in [5.41, 5.74) is 6.57. The van der Waals surface area contributed by atoms with E-state index in [2.05, 4.69) is 35.0 Å². The predicted molar refractivity (Wildman–Crippen MR) is 81.9 cm³/mol. The van der Waals surface area contributed by atoms with Gasteiger partial charge < -0.3 is 11.1 Å². The number of thiophene rings is 1. The Morgan fingerprint density at radius 1 is 1.37 bits per heavy atom. The highest BCUT2D eigenvalue weighted by Gasteiger charge is 2.45. The van der Waals surface area contributed by atoms with Crippen molar-refractivity contribution in [3.05, 3.63) is 35.2 Å². The topological polar surface area (TPSA) is 55.1 Å². The molecule has 1 aromatic heterocycles. The van der Waals surface area contributed by atoms with Gasteiger partial charge in [-0.05, 0) is 41.7 Å². The average Bonchev–Trinajstić information content (AvgIpc) is 3.01. The van der Waals surface area contributed by atoms with Crippen molar-refractivity contribution in [3.8, 4) is 0 Å². The van der Waals surface area contributed by atoms with Gasteiger partial charge in [-0.3, -0.25) is 4.79 Å². The summed E-state index contributed by atoms with van der Waals surface area (Å²) in [4.78, 5) is 11.7. The monoisotopic (exact) mass is 296 g/mol. The first-order valence-electron chi connectivity index (χ1n) is 6.21. The number of nitrogens with one attached hydrogen (secondary N) is 1. The van der Waals surface area contributed by atoms with Crippen LogP contribution in [0.25, 0.3) is 10.1 Å². The smallest absolute Gasteiger partial charge is 0.240 e. The van der Waals surface area contributed by atoms with Gasteiger partial charge in [0.05, 0.1) is 5.54 Å². The third-order valence-electron chi connectivity index (χ3n) is 3.48. The lowest BCUT2D eigenvalue weighted by Gasteiger charge is -2.09. The van der Waals surface area contributed by atoms with Crippen LogP contribution in [0, 0.1) is 0 Å². The van der Waals surface area contributed by atoms with Crippen LogP contribution < -0.4 is 11.1 Å². The minimum absolute atomic E-state index is 0. The molecule has 1 aromatic carbocycles. The molecule has 0 unspecified atom stereocenters. The molecular formula is C14H17ClN2OS. The van der Waals surface area contributed by atoms with Crippen molar-refractivity contribution in [2.45, 2.75) is 24.8 Å². The van der Waals surface area contributed by atoms with Crippen molar-refractivity contribution in [1.82, 2.24) is 5.32 Å². The van der Waals surface area contributed by atoms with Gasteiger partial charge in [0.1, 0.15) is 0 Å². The second kappa shape index (κ2) is 5.49. The maximum absolute atomic E-state index is 11.7. The van der Waals surface area contributed by atoms with Gasteiger partial charge >= 0.3 is 0 Å². The zero-order chi connectivity index (χ0) is 12.6. The van der Waals surface area contributed by atoms with Crippen molar-refractivity contribution in [2.75, 3.05) is 6.54 Å². The van der Waals surface area contributed by atoms with Gasteiger partial charge in [-0.25, -0.2) is 0 Å². The van der Waals surface area contributed by atoms with Crippen molar-refractivity contribution in [1.29, 1.82) is 0 Å². The molecule has 1 saturated carbocycles. The molecule has 3 rings (SSSR count). The second-order valence-electron chi connectivity index (χ2n) is 4.92. The van der Waals surface area contributed by atoms with E-state index in [4.69, 9.17) is 5.73 Å². The van der Waals surface area contributed by atoms with Gasteiger partial charge in [0, 0.05) is 11.2 Å². The highest BCUT2D eigenvalue weighted by atomic mass is 35.5. The largest absolute Gasteiger partial charge is 0.354 e. The normalized spacial score (nSPS) is 15.8. The molecule has 0 bridgehead atoms. The van der Waals surface area contributed by atoms with E-state index in [9.17, 15) is 4.79 Å². The standard InChI is InChI=1S/C14H16N2OS.ClH/c15-14(6-7-14)13(17)16-8-5-10-9-18-12-4-2-1-3-11(10)12;/h1-4,9H,5-8,15H2,(H,16,17);1H. The SMILES string of the molecule is Cl.NC1(C(=O)NCCc2csc3ccccc23)CC1. The van der Waals surface area contributed by atoms with Crippen LogP contribution in [0.15, 0.2) is 29.6 Å². The maximum atomic E-state index is 11.7. The van der Waals surface area contributed by atoms with Crippen LogP contribution in [0.3, 0.4) is 0 Å². The first-order valence-corrected chi connectivity index (χ1v) is 7.09. The summed E-state index contributed by atoms with van der Waals surface area (Å²) in [7, 11) is 0. The molecule has 1 heterocycles. The van der Waals surface area contributed by atoms with E-state index >= 15 is 0 Å². The number of hydrogen-bond acceptors (Lipinski definition) is 3. The van der Waals surface area contributed by atoms with Gasteiger partial charge in [-0.15, -0.1) is 23.7 Å². The number of amides is 1. The van der Waals surface area contributed by atoms with Gasteiger partial charge in [0.2, 0.25) is 5.91 Å². The fourth-order valence-corrected chi connectivity index (χ4v) is 3.07.